The summed E-state index contributed by atoms with van der Waals surface area (Å²) in [4.78, 5) is 8.50. The molecule has 0 bridgehead atoms. The Morgan fingerprint density at radius 1 is 0.947 bits per heavy atom. The standard InChI is InChI=1S/C14H9Cl2N3/c15-9-3-8(4-10(16)5-9)14-12-6-18-7-13(17)11(12)1-2-19-14/h1-7H,17H2. The average molecular weight is 290 g/mol. The van der Waals surface area contributed by atoms with Gasteiger partial charge in [-0.1, -0.05) is 23.2 Å². The summed E-state index contributed by atoms with van der Waals surface area (Å²) in [5.74, 6) is 0. The Bertz CT molecular complexity index is 751. The number of aromatic nitrogens is 2. The van der Waals surface area contributed by atoms with Crippen molar-refractivity contribution in [3.8, 4) is 11.3 Å². The molecule has 0 atom stereocenters. The van der Waals surface area contributed by atoms with Crippen LogP contribution in [0.5, 0.6) is 0 Å². The first-order valence-corrected chi connectivity index (χ1v) is 6.35. The number of fused-ring (bicyclic) bond motifs is 1. The molecule has 0 amide bonds. The number of anilines is 1. The van der Waals surface area contributed by atoms with Gasteiger partial charge in [0.25, 0.3) is 0 Å². The van der Waals surface area contributed by atoms with Gasteiger partial charge in [0.15, 0.2) is 0 Å². The van der Waals surface area contributed by atoms with E-state index in [1.807, 2.05) is 18.2 Å². The fourth-order valence-corrected chi connectivity index (χ4v) is 2.56. The van der Waals surface area contributed by atoms with E-state index in [0.717, 1.165) is 22.0 Å². The molecule has 0 radical (unpaired) electrons. The number of nitrogens with zero attached hydrogens (tertiary/aromatic N) is 2. The summed E-state index contributed by atoms with van der Waals surface area (Å²) in [5, 5.41) is 2.92. The molecular weight excluding hydrogens is 281 g/mol. The quantitative estimate of drug-likeness (QED) is 0.731. The molecule has 0 saturated heterocycles. The average Bonchev–Trinajstić information content (AvgIpc) is 2.37. The van der Waals surface area contributed by atoms with Crippen LogP contribution in [0.1, 0.15) is 0 Å². The normalized spacial score (nSPS) is 10.8. The molecule has 0 aliphatic carbocycles. The van der Waals surface area contributed by atoms with E-state index >= 15 is 0 Å². The van der Waals surface area contributed by atoms with E-state index in [2.05, 4.69) is 9.97 Å². The third kappa shape index (κ3) is 2.23. The van der Waals surface area contributed by atoms with Gasteiger partial charge < -0.3 is 5.73 Å². The van der Waals surface area contributed by atoms with Gasteiger partial charge in [0.2, 0.25) is 0 Å². The number of rotatable bonds is 1. The molecule has 3 rings (SSSR count). The molecule has 0 spiro atoms. The highest BCUT2D eigenvalue weighted by molar-refractivity contribution is 6.35. The Labute approximate surface area is 120 Å². The maximum Gasteiger partial charge on any atom is 0.0797 e. The summed E-state index contributed by atoms with van der Waals surface area (Å²) in [6.45, 7) is 0. The number of pyridine rings is 2. The van der Waals surface area contributed by atoms with Crippen LogP contribution in [0.25, 0.3) is 22.0 Å². The first-order chi connectivity index (χ1) is 9.15. The van der Waals surface area contributed by atoms with Crippen molar-refractivity contribution < 1.29 is 0 Å². The van der Waals surface area contributed by atoms with E-state index in [4.69, 9.17) is 28.9 Å². The van der Waals surface area contributed by atoms with E-state index in [0.29, 0.717) is 15.7 Å². The maximum atomic E-state index is 6.03. The molecule has 19 heavy (non-hydrogen) atoms. The van der Waals surface area contributed by atoms with E-state index in [1.165, 1.54) is 0 Å². The van der Waals surface area contributed by atoms with Crippen LogP contribution in [-0.2, 0) is 0 Å². The third-order valence-electron chi connectivity index (χ3n) is 2.85. The van der Waals surface area contributed by atoms with E-state index in [9.17, 15) is 0 Å². The van der Waals surface area contributed by atoms with E-state index in [1.54, 1.807) is 24.7 Å². The molecule has 0 unspecified atom stereocenters. The molecule has 0 aliphatic rings. The van der Waals surface area contributed by atoms with Crippen molar-refractivity contribution in [2.45, 2.75) is 0 Å². The molecule has 0 saturated carbocycles. The second-order valence-electron chi connectivity index (χ2n) is 4.14. The van der Waals surface area contributed by atoms with Gasteiger partial charge in [0.05, 0.1) is 17.6 Å². The first-order valence-electron chi connectivity index (χ1n) is 5.60. The molecule has 5 heteroatoms. The van der Waals surface area contributed by atoms with Gasteiger partial charge >= 0.3 is 0 Å². The number of halogens is 2. The minimum atomic E-state index is 0.568. The fraction of sp³-hybridized carbons (Fsp3) is 0. The Kier molecular flexibility index (Phi) is 3.01. The highest BCUT2D eigenvalue weighted by atomic mass is 35.5. The summed E-state index contributed by atoms with van der Waals surface area (Å²) in [6.07, 6.45) is 5.07. The number of benzene rings is 1. The predicted octanol–water partition coefficient (Wildman–Crippen LogP) is 4.19. The molecule has 2 aromatic heterocycles. The van der Waals surface area contributed by atoms with Crippen LogP contribution >= 0.6 is 23.2 Å². The van der Waals surface area contributed by atoms with Gasteiger partial charge in [-0.3, -0.25) is 9.97 Å². The minimum absolute atomic E-state index is 0.568. The second kappa shape index (κ2) is 4.68. The van der Waals surface area contributed by atoms with Crippen molar-refractivity contribution in [2.24, 2.45) is 0 Å². The van der Waals surface area contributed by atoms with Crippen molar-refractivity contribution in [1.82, 2.24) is 9.97 Å². The van der Waals surface area contributed by atoms with Crippen LogP contribution in [0.15, 0.2) is 42.9 Å². The molecule has 0 aliphatic heterocycles. The van der Waals surface area contributed by atoms with Gasteiger partial charge in [-0.25, -0.2) is 0 Å². The first kappa shape index (κ1) is 12.2. The summed E-state index contributed by atoms with van der Waals surface area (Å²) in [5.41, 5.74) is 8.15. The lowest BCUT2D eigenvalue weighted by atomic mass is 10.1. The van der Waals surface area contributed by atoms with E-state index < -0.39 is 0 Å². The highest BCUT2D eigenvalue weighted by Crippen LogP contribution is 2.31. The lowest BCUT2D eigenvalue weighted by Crippen LogP contribution is -1.92. The van der Waals surface area contributed by atoms with Gasteiger partial charge in [-0.2, -0.15) is 0 Å². The zero-order valence-electron chi connectivity index (χ0n) is 9.77. The van der Waals surface area contributed by atoms with Crippen LogP contribution < -0.4 is 5.73 Å². The van der Waals surface area contributed by atoms with Gasteiger partial charge in [0, 0.05) is 38.8 Å². The van der Waals surface area contributed by atoms with Crippen molar-refractivity contribution in [3.05, 3.63) is 52.9 Å². The van der Waals surface area contributed by atoms with Crippen LogP contribution in [0.4, 0.5) is 5.69 Å². The zero-order chi connectivity index (χ0) is 13.4. The van der Waals surface area contributed by atoms with Crippen molar-refractivity contribution in [2.75, 3.05) is 5.73 Å². The number of nitrogen functional groups attached to an aromatic ring is 1. The largest absolute Gasteiger partial charge is 0.397 e. The molecule has 1 aromatic carbocycles. The fourth-order valence-electron chi connectivity index (χ4n) is 2.04. The zero-order valence-corrected chi connectivity index (χ0v) is 11.3. The molecule has 94 valence electrons. The van der Waals surface area contributed by atoms with Crippen LogP contribution in [0.3, 0.4) is 0 Å². The highest BCUT2D eigenvalue weighted by Gasteiger charge is 2.09. The van der Waals surface area contributed by atoms with Crippen LogP contribution in [0, 0.1) is 0 Å². The Morgan fingerprint density at radius 2 is 1.68 bits per heavy atom. The lowest BCUT2D eigenvalue weighted by Gasteiger charge is -2.08. The summed E-state index contributed by atoms with van der Waals surface area (Å²) in [7, 11) is 0. The number of hydrogen-bond donors (Lipinski definition) is 1. The number of hydrogen-bond acceptors (Lipinski definition) is 3. The topological polar surface area (TPSA) is 51.8 Å². The molecule has 2 heterocycles. The van der Waals surface area contributed by atoms with Gasteiger partial charge in [0.1, 0.15) is 0 Å². The second-order valence-corrected chi connectivity index (χ2v) is 5.01. The van der Waals surface area contributed by atoms with Crippen LogP contribution in [0.2, 0.25) is 10.0 Å². The van der Waals surface area contributed by atoms with Crippen molar-refractivity contribution in [1.29, 1.82) is 0 Å². The molecule has 2 N–H and O–H groups in total. The maximum absolute atomic E-state index is 6.03. The molecule has 3 nitrogen and oxygen atoms in total. The Hall–Kier alpha value is -1.84. The Balaban J connectivity index is 2.33. The van der Waals surface area contributed by atoms with Crippen molar-refractivity contribution >= 4 is 39.7 Å². The molecule has 0 fully saturated rings. The molecule has 3 aromatic rings. The van der Waals surface area contributed by atoms with Crippen LogP contribution in [-0.4, -0.2) is 9.97 Å². The van der Waals surface area contributed by atoms with Gasteiger partial charge in [-0.05, 0) is 24.3 Å². The van der Waals surface area contributed by atoms with Gasteiger partial charge in [-0.15, -0.1) is 0 Å². The van der Waals surface area contributed by atoms with E-state index in [-0.39, 0.29) is 0 Å². The summed E-state index contributed by atoms with van der Waals surface area (Å²) in [6, 6.07) is 7.18. The third-order valence-corrected chi connectivity index (χ3v) is 3.29. The van der Waals surface area contributed by atoms with Crippen molar-refractivity contribution in [3.63, 3.8) is 0 Å². The monoisotopic (exact) mass is 289 g/mol. The Morgan fingerprint density at radius 3 is 2.42 bits per heavy atom. The summed E-state index contributed by atoms with van der Waals surface area (Å²) < 4.78 is 0. The summed E-state index contributed by atoms with van der Waals surface area (Å²) >= 11 is 12.1. The lowest BCUT2D eigenvalue weighted by molar-refractivity contribution is 1.32. The minimum Gasteiger partial charge on any atom is -0.397 e. The SMILES string of the molecule is Nc1cncc2c(-c3cc(Cl)cc(Cl)c3)nccc12. The predicted molar refractivity (Wildman–Crippen MR) is 79.4 cm³/mol. The molecular formula is C14H9Cl2N3. The smallest absolute Gasteiger partial charge is 0.0797 e. The number of nitrogens with two attached hydrogens (primary N) is 1.